The zero-order valence-corrected chi connectivity index (χ0v) is 42.4. The van der Waals surface area contributed by atoms with Crippen LogP contribution in [0.5, 0.6) is 0 Å². The van der Waals surface area contributed by atoms with E-state index in [4.69, 9.17) is 18.9 Å². The minimum absolute atomic E-state index is 0.155. The van der Waals surface area contributed by atoms with Crippen molar-refractivity contribution in [3.05, 3.63) is 192 Å². The maximum atomic E-state index is 13.0. The number of hydrogen-bond acceptors (Lipinski definition) is 12. The van der Waals surface area contributed by atoms with Crippen LogP contribution in [0.3, 0.4) is 0 Å². The molecule has 2 aromatic heterocycles. The molecule has 4 heterocycles. The quantitative estimate of drug-likeness (QED) is 0.0536. The summed E-state index contributed by atoms with van der Waals surface area (Å²) in [4.78, 5) is 14.8. The first-order valence-corrected chi connectivity index (χ1v) is 24.7. The fraction of sp³-hybridized carbons (Fsp3) is 0.379. The third-order valence-electron chi connectivity index (χ3n) is 14.1. The summed E-state index contributed by atoms with van der Waals surface area (Å²) in [6, 6.07) is 30.9. The maximum Gasteiger partial charge on any atom is 0.434 e. The van der Waals surface area contributed by atoms with Gasteiger partial charge in [0.15, 0.2) is 11.4 Å². The first-order chi connectivity index (χ1) is 36.2. The molecule has 0 aliphatic carbocycles. The number of aromatic nitrogens is 4. The Bertz CT molecular complexity index is 2820. The van der Waals surface area contributed by atoms with E-state index in [9.17, 15) is 46.8 Å². The Kier molecular flexibility index (Phi) is 19.1. The van der Waals surface area contributed by atoms with E-state index in [2.05, 4.69) is 46.9 Å². The van der Waals surface area contributed by atoms with Gasteiger partial charge < -0.3 is 39.4 Å². The molecule has 8 rings (SSSR count). The summed E-state index contributed by atoms with van der Waals surface area (Å²) in [6.07, 6.45) is -9.25. The number of rotatable bonds is 16. The van der Waals surface area contributed by atoms with Crippen molar-refractivity contribution in [1.82, 2.24) is 19.9 Å². The number of hydrogen-bond donors (Lipinski definition) is 4. The molecule has 12 nitrogen and oxygen atoms in total. The molecule has 2 aliphatic heterocycles. The zero-order chi connectivity index (χ0) is 54.9. The minimum Gasteiger partial charge on any atom is -0.394 e. The van der Waals surface area contributed by atoms with Gasteiger partial charge in [-0.15, -0.1) is 13.2 Å². The molecule has 18 heteroatoms. The lowest BCUT2D eigenvalue weighted by Crippen LogP contribution is -2.59. The topological polar surface area (TPSA) is 169 Å². The van der Waals surface area contributed by atoms with Gasteiger partial charge in [-0.05, 0) is 71.2 Å². The second kappa shape index (κ2) is 25.3. The molecule has 0 bridgehead atoms. The highest BCUT2D eigenvalue weighted by Crippen LogP contribution is 2.42. The van der Waals surface area contributed by atoms with Crippen LogP contribution >= 0.6 is 0 Å². The van der Waals surface area contributed by atoms with Crippen LogP contribution in [0, 0.1) is 25.7 Å². The van der Waals surface area contributed by atoms with Crippen LogP contribution in [0.2, 0.25) is 0 Å². The van der Waals surface area contributed by atoms with Gasteiger partial charge in [0.05, 0.1) is 87.0 Å². The van der Waals surface area contributed by atoms with E-state index in [1.54, 1.807) is 25.1 Å². The molecule has 0 radical (unpaired) electrons. The Morgan fingerprint density at radius 3 is 1.50 bits per heavy atom. The Balaban J connectivity index is 0.000000237. The van der Waals surface area contributed by atoms with E-state index in [-0.39, 0.29) is 41.8 Å². The summed E-state index contributed by atoms with van der Waals surface area (Å²) in [6.45, 7) is 16.9. The summed E-state index contributed by atoms with van der Waals surface area (Å²) in [7, 11) is 0. The van der Waals surface area contributed by atoms with Crippen molar-refractivity contribution >= 4 is 0 Å². The standard InChI is InChI=1S/C37H39F3N2O3.C21H23F3N2O5/c1-5-30(31-17-16-29(18-24(31)2)32-19-42-34(20-41-32)37(38,39)40)36-35(44-22-28-14-10-7-11-15-28)26(4)25(3)33(45-36)23-43-21-27-12-8-6-9-13-27;1-3-12(20-19(30)18(29)17(28)15(9-27)31-20)13-5-4-11(6-10(13)2)14-7-26-16(8-25-14)21(22,23)24/h5-20,25-26,30,33,35-36H,1,21-23H2,2-4H3;3-8,12,15,17-20,27-30H,1,9H2,2H3/t25-,26-,30+,33?,35?,36+;12-,15?,17-,18+,19?,20-/m01/s1. The van der Waals surface area contributed by atoms with Crippen molar-refractivity contribution in [3.63, 3.8) is 0 Å². The van der Waals surface area contributed by atoms with Gasteiger partial charge in [0.25, 0.3) is 0 Å². The molecule has 12 atom stereocenters. The van der Waals surface area contributed by atoms with Gasteiger partial charge in [-0.25, -0.2) is 9.97 Å². The van der Waals surface area contributed by atoms with Crippen molar-refractivity contribution in [2.45, 2.75) is 114 Å². The molecule has 76 heavy (non-hydrogen) atoms. The van der Waals surface area contributed by atoms with Crippen LogP contribution in [0.25, 0.3) is 22.5 Å². The number of alkyl halides is 6. The van der Waals surface area contributed by atoms with Crippen molar-refractivity contribution < 1.29 is 65.7 Å². The first-order valence-electron chi connectivity index (χ1n) is 24.7. The molecule has 4 aromatic carbocycles. The number of benzene rings is 4. The maximum absolute atomic E-state index is 13.0. The lowest BCUT2D eigenvalue weighted by Gasteiger charge is -2.47. The van der Waals surface area contributed by atoms with Gasteiger partial charge in [-0.1, -0.05) is 111 Å². The van der Waals surface area contributed by atoms with Gasteiger partial charge in [-0.3, -0.25) is 9.97 Å². The SMILES string of the molecule is C=C[C@H](c1ccc(-c2cnc(C(F)(F)F)cn2)cc1C)[C@H]1OC(CO)[C@@H](O)[C@H](O)C1O.C=C[C@H](c1ccc(-c2cnc(C(F)(F)F)cn2)cc1C)[C@H]1OC(COCc2ccccc2)[C@@H](C)[C@H](C)C1OCc1ccccc1. The second-order valence-electron chi connectivity index (χ2n) is 19.1. The molecule has 4 N–H and O–H groups in total. The molecular formula is C58H62F6N4O8. The van der Waals surface area contributed by atoms with E-state index < -0.39 is 66.8 Å². The number of aryl methyl sites for hydroxylation is 2. The summed E-state index contributed by atoms with van der Waals surface area (Å²) < 4.78 is 102. The molecule has 2 saturated heterocycles. The van der Waals surface area contributed by atoms with Crippen LogP contribution in [-0.4, -0.2) is 102 Å². The van der Waals surface area contributed by atoms with E-state index in [0.29, 0.717) is 54.0 Å². The monoisotopic (exact) mass is 1060 g/mol. The van der Waals surface area contributed by atoms with Gasteiger partial charge in [-0.2, -0.15) is 26.3 Å². The predicted molar refractivity (Wildman–Crippen MR) is 272 cm³/mol. The van der Waals surface area contributed by atoms with Gasteiger partial charge in [0, 0.05) is 23.0 Å². The van der Waals surface area contributed by atoms with Gasteiger partial charge in [0.1, 0.15) is 24.4 Å². The normalized spacial score (nSPS) is 24.7. The highest BCUT2D eigenvalue weighted by atomic mass is 19.4. The Morgan fingerprint density at radius 1 is 0.592 bits per heavy atom. The number of aliphatic hydroxyl groups excluding tert-OH is 4. The molecule has 2 fully saturated rings. The third kappa shape index (κ3) is 13.7. The van der Waals surface area contributed by atoms with Crippen LogP contribution < -0.4 is 0 Å². The van der Waals surface area contributed by atoms with Crippen LogP contribution in [-0.2, 0) is 44.5 Å². The predicted octanol–water partition coefficient (Wildman–Crippen LogP) is 10.2. The molecule has 0 amide bonds. The number of ether oxygens (including phenoxy) is 4. The molecule has 2 aliphatic rings. The fourth-order valence-corrected chi connectivity index (χ4v) is 9.67. The van der Waals surface area contributed by atoms with Crippen molar-refractivity contribution in [2.75, 3.05) is 13.2 Å². The molecular weight excluding hydrogens is 995 g/mol. The highest BCUT2D eigenvalue weighted by Gasteiger charge is 2.47. The molecule has 0 saturated carbocycles. The average Bonchev–Trinajstić information content (AvgIpc) is 3.41. The lowest BCUT2D eigenvalue weighted by atomic mass is 9.76. The summed E-state index contributed by atoms with van der Waals surface area (Å²) in [5, 5.41) is 39.9. The molecule has 0 spiro atoms. The van der Waals surface area contributed by atoms with E-state index in [0.717, 1.165) is 40.8 Å². The lowest BCUT2D eigenvalue weighted by molar-refractivity contribution is -0.231. The Morgan fingerprint density at radius 2 is 1.07 bits per heavy atom. The second-order valence-corrected chi connectivity index (χ2v) is 19.1. The largest absolute Gasteiger partial charge is 0.434 e. The zero-order valence-electron chi connectivity index (χ0n) is 42.4. The fourth-order valence-electron chi connectivity index (χ4n) is 9.67. The third-order valence-corrected chi connectivity index (χ3v) is 14.1. The number of halogens is 6. The summed E-state index contributed by atoms with van der Waals surface area (Å²) in [5.74, 6) is -0.490. The number of nitrogens with zero attached hydrogens (tertiary/aromatic N) is 4. The van der Waals surface area contributed by atoms with Crippen molar-refractivity contribution in [2.24, 2.45) is 11.8 Å². The summed E-state index contributed by atoms with van der Waals surface area (Å²) >= 11 is 0. The van der Waals surface area contributed by atoms with Gasteiger partial charge >= 0.3 is 12.4 Å². The Hall–Kier alpha value is -6.22. The smallest absolute Gasteiger partial charge is 0.394 e. The number of aliphatic hydroxyl groups is 4. The molecule has 4 unspecified atom stereocenters. The molecule has 404 valence electrons. The van der Waals surface area contributed by atoms with E-state index in [1.807, 2.05) is 91.9 Å². The average molecular weight is 1060 g/mol. The highest BCUT2D eigenvalue weighted by molar-refractivity contribution is 5.62. The Labute approximate surface area is 437 Å². The van der Waals surface area contributed by atoms with Crippen molar-refractivity contribution in [3.8, 4) is 22.5 Å². The van der Waals surface area contributed by atoms with Crippen molar-refractivity contribution in [1.29, 1.82) is 0 Å². The van der Waals surface area contributed by atoms with Crippen LogP contribution in [0.15, 0.2) is 147 Å². The van der Waals surface area contributed by atoms with Crippen LogP contribution in [0.4, 0.5) is 26.3 Å². The molecule has 6 aromatic rings. The van der Waals surface area contributed by atoms with E-state index in [1.165, 1.54) is 6.08 Å². The van der Waals surface area contributed by atoms with Crippen LogP contribution in [0.1, 0.15) is 70.5 Å². The van der Waals surface area contributed by atoms with E-state index >= 15 is 0 Å². The van der Waals surface area contributed by atoms with Gasteiger partial charge in [0.2, 0.25) is 0 Å². The minimum atomic E-state index is -4.58. The first kappa shape index (κ1) is 57.5. The summed E-state index contributed by atoms with van der Waals surface area (Å²) in [5.41, 5.74) is 5.25.